The third kappa shape index (κ3) is 3.94. The molecule has 6 nitrogen and oxygen atoms in total. The van der Waals surface area contributed by atoms with Crippen LogP contribution in [0.3, 0.4) is 0 Å². The Labute approximate surface area is 175 Å². The summed E-state index contributed by atoms with van der Waals surface area (Å²) in [6, 6.07) is 19.4. The van der Waals surface area contributed by atoms with Gasteiger partial charge in [-0.25, -0.2) is 8.42 Å². The number of hydrogen-bond acceptors (Lipinski definition) is 4. The van der Waals surface area contributed by atoms with E-state index in [0.717, 1.165) is 16.7 Å². The zero-order chi connectivity index (χ0) is 21.3. The highest BCUT2D eigenvalue weighted by atomic mass is 32.2. The number of hydrogen-bond donors (Lipinski definition) is 2. The summed E-state index contributed by atoms with van der Waals surface area (Å²) in [7, 11) is -3.89. The lowest BCUT2D eigenvalue weighted by Gasteiger charge is -2.35. The molecule has 0 aromatic heterocycles. The summed E-state index contributed by atoms with van der Waals surface area (Å²) in [5, 5.41) is 12.4. The highest BCUT2D eigenvalue weighted by Gasteiger charge is 2.39. The second kappa shape index (κ2) is 7.93. The van der Waals surface area contributed by atoms with Crippen molar-refractivity contribution in [3.63, 3.8) is 0 Å². The van der Waals surface area contributed by atoms with Crippen molar-refractivity contribution in [2.75, 3.05) is 5.32 Å². The molecule has 1 unspecified atom stereocenters. The van der Waals surface area contributed by atoms with Crippen LogP contribution in [0.4, 0.5) is 5.69 Å². The first-order valence-corrected chi connectivity index (χ1v) is 11.0. The first kappa shape index (κ1) is 20.1. The molecule has 2 N–H and O–H groups in total. The smallest absolute Gasteiger partial charge is 0.244 e. The van der Waals surface area contributed by atoms with Gasteiger partial charge < -0.3 is 10.4 Å². The van der Waals surface area contributed by atoms with Gasteiger partial charge >= 0.3 is 0 Å². The summed E-state index contributed by atoms with van der Waals surface area (Å²) in [6.45, 7) is 2.00. The first-order valence-electron chi connectivity index (χ1n) is 9.60. The fourth-order valence-corrected chi connectivity index (χ4v) is 5.20. The van der Waals surface area contributed by atoms with Crippen molar-refractivity contribution in [2.45, 2.75) is 30.8 Å². The molecule has 3 aromatic carbocycles. The van der Waals surface area contributed by atoms with Gasteiger partial charge in [0.1, 0.15) is 11.8 Å². The van der Waals surface area contributed by atoms with Gasteiger partial charge in [-0.15, -0.1) is 0 Å². The Hall–Kier alpha value is -3.16. The van der Waals surface area contributed by atoms with Gasteiger partial charge in [0, 0.05) is 18.3 Å². The van der Waals surface area contributed by atoms with E-state index in [0.29, 0.717) is 5.69 Å². The Morgan fingerprint density at radius 2 is 1.70 bits per heavy atom. The van der Waals surface area contributed by atoms with Crippen LogP contribution in [0.2, 0.25) is 0 Å². The minimum absolute atomic E-state index is 0.0194. The van der Waals surface area contributed by atoms with Crippen molar-refractivity contribution in [1.29, 1.82) is 0 Å². The number of phenolic OH excluding ortho intramolecular Hbond substituents is 1. The third-order valence-electron chi connectivity index (χ3n) is 5.25. The van der Waals surface area contributed by atoms with E-state index in [9.17, 15) is 18.3 Å². The Bertz CT molecular complexity index is 1190. The summed E-state index contributed by atoms with van der Waals surface area (Å²) in [6.07, 6.45) is 0.270. The maximum atomic E-state index is 13.4. The van der Waals surface area contributed by atoms with Gasteiger partial charge in [-0.3, -0.25) is 4.79 Å². The molecule has 3 aromatic rings. The zero-order valence-corrected chi connectivity index (χ0v) is 17.3. The quantitative estimate of drug-likeness (QED) is 0.674. The topological polar surface area (TPSA) is 86.7 Å². The second-order valence-electron chi connectivity index (χ2n) is 7.39. The fourth-order valence-electron chi connectivity index (χ4n) is 3.63. The molecule has 1 heterocycles. The Balaban J connectivity index is 1.71. The van der Waals surface area contributed by atoms with E-state index >= 15 is 0 Å². The SMILES string of the molecule is Cc1ccc(S(=O)(=O)N2Cc3ccccc3CC2C(=O)Nc2cccc(O)c2)cc1. The largest absolute Gasteiger partial charge is 0.508 e. The molecular weight excluding hydrogens is 400 g/mol. The van der Waals surface area contributed by atoms with Gasteiger partial charge in [0.05, 0.1) is 4.90 Å². The predicted molar refractivity (Wildman–Crippen MR) is 115 cm³/mol. The molecule has 1 aliphatic rings. The molecule has 1 amide bonds. The van der Waals surface area contributed by atoms with Crippen LogP contribution in [-0.2, 0) is 27.8 Å². The van der Waals surface area contributed by atoms with Crippen LogP contribution >= 0.6 is 0 Å². The Morgan fingerprint density at radius 1 is 1.00 bits per heavy atom. The van der Waals surface area contributed by atoms with E-state index in [1.165, 1.54) is 16.4 Å². The van der Waals surface area contributed by atoms with Crippen LogP contribution in [0.25, 0.3) is 0 Å². The number of nitrogens with zero attached hydrogens (tertiary/aromatic N) is 1. The number of benzene rings is 3. The lowest BCUT2D eigenvalue weighted by molar-refractivity contribution is -0.120. The van der Waals surface area contributed by atoms with E-state index in [1.807, 2.05) is 31.2 Å². The molecule has 0 saturated carbocycles. The van der Waals surface area contributed by atoms with Gasteiger partial charge in [-0.05, 0) is 48.7 Å². The summed E-state index contributed by atoms with van der Waals surface area (Å²) in [5.41, 5.74) is 3.20. The molecule has 30 heavy (non-hydrogen) atoms. The van der Waals surface area contributed by atoms with Crippen LogP contribution in [0.1, 0.15) is 16.7 Å². The molecule has 0 aliphatic carbocycles. The van der Waals surface area contributed by atoms with E-state index < -0.39 is 22.0 Å². The van der Waals surface area contributed by atoms with Gasteiger partial charge in [0.25, 0.3) is 0 Å². The number of aromatic hydroxyl groups is 1. The number of rotatable bonds is 4. The van der Waals surface area contributed by atoms with Crippen LogP contribution in [-0.4, -0.2) is 29.8 Å². The number of aryl methyl sites for hydroxylation is 1. The van der Waals surface area contributed by atoms with Gasteiger partial charge in [-0.1, -0.05) is 48.0 Å². The zero-order valence-electron chi connectivity index (χ0n) is 16.4. The van der Waals surface area contributed by atoms with E-state index in [1.54, 1.807) is 36.4 Å². The number of nitrogens with one attached hydrogen (secondary N) is 1. The molecule has 154 valence electrons. The monoisotopic (exact) mass is 422 g/mol. The number of fused-ring (bicyclic) bond motifs is 1. The average Bonchev–Trinajstić information content (AvgIpc) is 2.73. The lowest BCUT2D eigenvalue weighted by atomic mass is 9.95. The van der Waals surface area contributed by atoms with Crippen molar-refractivity contribution >= 4 is 21.6 Å². The number of carbonyl (C=O) groups is 1. The molecule has 0 spiro atoms. The lowest BCUT2D eigenvalue weighted by Crippen LogP contribution is -2.50. The molecule has 7 heteroatoms. The van der Waals surface area contributed by atoms with Crippen LogP contribution in [0, 0.1) is 6.92 Å². The fraction of sp³-hybridized carbons (Fsp3) is 0.174. The molecule has 1 atom stereocenters. The van der Waals surface area contributed by atoms with E-state index in [-0.39, 0.29) is 23.6 Å². The minimum atomic E-state index is -3.89. The van der Waals surface area contributed by atoms with Gasteiger partial charge in [-0.2, -0.15) is 4.31 Å². The Kier molecular flexibility index (Phi) is 5.32. The van der Waals surface area contributed by atoms with Gasteiger partial charge in [0.2, 0.25) is 15.9 Å². The highest BCUT2D eigenvalue weighted by Crippen LogP contribution is 2.30. The molecule has 1 aliphatic heterocycles. The number of anilines is 1. The second-order valence-corrected chi connectivity index (χ2v) is 9.28. The maximum Gasteiger partial charge on any atom is 0.244 e. The van der Waals surface area contributed by atoms with Crippen molar-refractivity contribution < 1.29 is 18.3 Å². The molecular formula is C23H22N2O4S. The molecule has 0 radical (unpaired) electrons. The van der Waals surface area contributed by atoms with Crippen LogP contribution in [0.15, 0.2) is 77.7 Å². The van der Waals surface area contributed by atoms with Crippen LogP contribution in [0.5, 0.6) is 5.75 Å². The summed E-state index contributed by atoms with van der Waals surface area (Å²) >= 11 is 0. The normalized spacial score (nSPS) is 16.6. The van der Waals surface area contributed by atoms with E-state index in [2.05, 4.69) is 5.32 Å². The minimum Gasteiger partial charge on any atom is -0.508 e. The predicted octanol–water partition coefficient (Wildman–Crippen LogP) is 3.45. The molecule has 0 bridgehead atoms. The van der Waals surface area contributed by atoms with Crippen molar-refractivity contribution in [3.8, 4) is 5.75 Å². The molecule has 0 fully saturated rings. The van der Waals surface area contributed by atoms with Crippen LogP contribution < -0.4 is 5.32 Å². The summed E-state index contributed by atoms with van der Waals surface area (Å²) < 4.78 is 28.1. The number of amides is 1. The molecule has 0 saturated heterocycles. The summed E-state index contributed by atoms with van der Waals surface area (Å²) in [4.78, 5) is 13.3. The van der Waals surface area contributed by atoms with Crippen molar-refractivity contribution in [3.05, 3.63) is 89.5 Å². The van der Waals surface area contributed by atoms with Gasteiger partial charge in [0.15, 0.2) is 0 Å². The number of carbonyl (C=O) groups excluding carboxylic acids is 1. The number of sulfonamides is 1. The Morgan fingerprint density at radius 3 is 2.40 bits per heavy atom. The summed E-state index contributed by atoms with van der Waals surface area (Å²) in [5.74, 6) is -0.420. The first-order chi connectivity index (χ1) is 14.3. The third-order valence-corrected chi connectivity index (χ3v) is 7.12. The van der Waals surface area contributed by atoms with Crippen molar-refractivity contribution in [1.82, 2.24) is 4.31 Å². The average molecular weight is 423 g/mol. The highest BCUT2D eigenvalue weighted by molar-refractivity contribution is 7.89. The molecule has 4 rings (SSSR count). The standard InChI is InChI=1S/C23H22N2O4S/c1-16-9-11-21(12-10-16)30(28,29)25-15-18-6-3-2-5-17(18)13-22(25)23(27)24-19-7-4-8-20(26)14-19/h2-12,14,22,26H,13,15H2,1H3,(H,24,27). The number of phenols is 1. The van der Waals surface area contributed by atoms with Crippen molar-refractivity contribution in [2.24, 2.45) is 0 Å². The van der Waals surface area contributed by atoms with E-state index in [4.69, 9.17) is 0 Å². The maximum absolute atomic E-state index is 13.4.